The molecule has 2 saturated carbocycles. The molecule has 1 spiro atoms. The van der Waals surface area contributed by atoms with Crippen molar-refractivity contribution in [2.45, 2.75) is 63.9 Å². The fraction of sp³-hybridized carbons (Fsp3) is 0.469. The highest BCUT2D eigenvalue weighted by atomic mass is 32.2. The van der Waals surface area contributed by atoms with Gasteiger partial charge in [0.05, 0.1) is 11.7 Å². The minimum absolute atomic E-state index is 0.169. The molecular weight excluding hydrogens is 568 g/mol. The lowest BCUT2D eigenvalue weighted by Crippen LogP contribution is -2.61. The van der Waals surface area contributed by atoms with E-state index < -0.39 is 27.6 Å². The third kappa shape index (κ3) is 5.28. The lowest BCUT2D eigenvalue weighted by Gasteiger charge is -2.59. The quantitative estimate of drug-likeness (QED) is 0.360. The standard InChI is InChI=1S/C32H38N4O6S/c1-20-8-6-7-9-26(20)22(3)41-30(38)33-27-21(2)34-42-28(27)23-16-31(17-23)18-36(19-31)25-12-10-24(11-13-25)32(14-15-32)29(37)35(4)43(5,39)40/h6-13,22-23H,14-19H2,1-5H3,(H,33,38)/t22-/m1/s1. The zero-order valence-corrected chi connectivity index (χ0v) is 26.0. The number of hydrogen-bond acceptors (Lipinski definition) is 8. The summed E-state index contributed by atoms with van der Waals surface area (Å²) in [5.41, 5.74) is 4.65. The van der Waals surface area contributed by atoms with Crippen molar-refractivity contribution in [2.24, 2.45) is 5.41 Å². The summed E-state index contributed by atoms with van der Waals surface area (Å²) in [5.74, 6) is 0.504. The molecule has 0 radical (unpaired) electrons. The molecule has 0 unspecified atom stereocenters. The number of anilines is 2. The van der Waals surface area contributed by atoms with Crippen molar-refractivity contribution >= 4 is 33.4 Å². The van der Waals surface area contributed by atoms with Gasteiger partial charge in [-0.3, -0.25) is 10.1 Å². The maximum absolute atomic E-state index is 12.9. The molecule has 1 aliphatic heterocycles. The SMILES string of the molecule is Cc1ccccc1[C@@H](C)OC(=O)Nc1c(C)noc1C1CC2(C1)CN(c1ccc(C3(C(=O)N(C)S(C)(=O)=O)CC3)cc1)C2. The minimum atomic E-state index is -3.59. The van der Waals surface area contributed by atoms with Crippen molar-refractivity contribution < 1.29 is 27.3 Å². The van der Waals surface area contributed by atoms with Crippen LogP contribution in [0.3, 0.4) is 0 Å². The van der Waals surface area contributed by atoms with Crippen LogP contribution in [0, 0.1) is 19.3 Å². The van der Waals surface area contributed by atoms with Crippen LogP contribution in [0.25, 0.3) is 0 Å². The molecule has 2 aromatic carbocycles. The number of sulfonamides is 1. The Morgan fingerprint density at radius 2 is 1.74 bits per heavy atom. The van der Waals surface area contributed by atoms with Gasteiger partial charge in [0.15, 0.2) is 5.76 Å². The molecule has 1 N–H and O–H groups in total. The van der Waals surface area contributed by atoms with Gasteiger partial charge in [-0.2, -0.15) is 0 Å². The van der Waals surface area contributed by atoms with Gasteiger partial charge in [-0.05, 0) is 75.3 Å². The zero-order chi connectivity index (χ0) is 30.7. The van der Waals surface area contributed by atoms with E-state index in [9.17, 15) is 18.0 Å². The minimum Gasteiger partial charge on any atom is -0.441 e. The molecular formula is C32H38N4O6S. The molecule has 0 bridgehead atoms. The highest BCUT2D eigenvalue weighted by molar-refractivity contribution is 7.88. The van der Waals surface area contributed by atoms with Crippen LogP contribution in [0.2, 0.25) is 0 Å². The lowest BCUT2D eigenvalue weighted by molar-refractivity contribution is -0.128. The van der Waals surface area contributed by atoms with Gasteiger partial charge in [0.2, 0.25) is 15.9 Å². The van der Waals surface area contributed by atoms with E-state index in [1.165, 1.54) is 7.05 Å². The van der Waals surface area contributed by atoms with E-state index >= 15 is 0 Å². The van der Waals surface area contributed by atoms with Crippen LogP contribution >= 0.6 is 0 Å². The normalized spacial score (nSPS) is 19.2. The molecule has 43 heavy (non-hydrogen) atoms. The van der Waals surface area contributed by atoms with Gasteiger partial charge in [0.25, 0.3) is 0 Å². The summed E-state index contributed by atoms with van der Waals surface area (Å²) in [6, 6.07) is 15.8. The maximum atomic E-state index is 12.9. The number of hydrogen-bond donors (Lipinski definition) is 1. The van der Waals surface area contributed by atoms with Crippen molar-refractivity contribution in [1.82, 2.24) is 9.46 Å². The maximum Gasteiger partial charge on any atom is 0.412 e. The van der Waals surface area contributed by atoms with Crippen LogP contribution < -0.4 is 10.2 Å². The topological polar surface area (TPSA) is 122 Å². The third-order valence-corrected chi connectivity index (χ3v) is 10.7. The molecule has 2 heterocycles. The van der Waals surface area contributed by atoms with Crippen LogP contribution in [0.15, 0.2) is 53.1 Å². The van der Waals surface area contributed by atoms with Gasteiger partial charge in [-0.1, -0.05) is 41.6 Å². The number of benzene rings is 2. The van der Waals surface area contributed by atoms with Crippen LogP contribution in [0.1, 0.15) is 72.8 Å². The second-order valence-corrected chi connectivity index (χ2v) is 14.7. The number of carbonyl (C=O) groups excluding carboxylic acids is 2. The van der Waals surface area contributed by atoms with E-state index in [4.69, 9.17) is 9.26 Å². The average molecular weight is 607 g/mol. The molecule has 1 aromatic heterocycles. The Balaban J connectivity index is 1.04. The van der Waals surface area contributed by atoms with E-state index in [0.717, 1.165) is 58.9 Å². The van der Waals surface area contributed by atoms with Gasteiger partial charge >= 0.3 is 6.09 Å². The Kier molecular flexibility index (Phi) is 7.06. The summed E-state index contributed by atoms with van der Waals surface area (Å²) in [6.45, 7) is 7.49. The summed E-state index contributed by atoms with van der Waals surface area (Å²) in [6.07, 6.45) is 3.31. The van der Waals surface area contributed by atoms with Crippen LogP contribution in [0.5, 0.6) is 0 Å². The molecule has 11 heteroatoms. The molecule has 6 rings (SSSR count). The number of nitrogens with one attached hydrogen (secondary N) is 1. The number of amides is 2. The Morgan fingerprint density at radius 3 is 2.35 bits per heavy atom. The van der Waals surface area contributed by atoms with E-state index in [1.807, 2.05) is 69.3 Å². The average Bonchev–Trinajstić information content (AvgIpc) is 3.66. The van der Waals surface area contributed by atoms with Gasteiger partial charge in [0, 0.05) is 37.2 Å². The predicted octanol–water partition coefficient (Wildman–Crippen LogP) is 5.43. The van der Waals surface area contributed by atoms with Crippen LogP contribution in [-0.4, -0.2) is 56.3 Å². The second kappa shape index (κ2) is 10.4. The molecule has 1 atom stereocenters. The Hall–Kier alpha value is -3.86. The van der Waals surface area contributed by atoms with E-state index in [-0.39, 0.29) is 17.2 Å². The van der Waals surface area contributed by atoms with Gasteiger partial charge in [0.1, 0.15) is 17.5 Å². The van der Waals surface area contributed by atoms with Crippen LogP contribution in [0.4, 0.5) is 16.2 Å². The largest absolute Gasteiger partial charge is 0.441 e. The van der Waals surface area contributed by atoms with Crippen molar-refractivity contribution in [1.29, 1.82) is 0 Å². The molecule has 2 aliphatic carbocycles. The van der Waals surface area contributed by atoms with Crippen molar-refractivity contribution in [3.8, 4) is 0 Å². The van der Waals surface area contributed by atoms with Crippen molar-refractivity contribution in [3.63, 3.8) is 0 Å². The third-order valence-electron chi connectivity index (χ3n) is 9.54. The first-order chi connectivity index (χ1) is 20.3. The highest BCUT2D eigenvalue weighted by Crippen LogP contribution is 2.58. The summed E-state index contributed by atoms with van der Waals surface area (Å²) in [5, 5.41) is 7.02. The number of ether oxygens (including phenoxy) is 1. The summed E-state index contributed by atoms with van der Waals surface area (Å²) in [4.78, 5) is 28.0. The van der Waals surface area contributed by atoms with Gasteiger partial charge in [-0.25, -0.2) is 17.5 Å². The molecule has 3 fully saturated rings. The fourth-order valence-corrected chi connectivity index (χ4v) is 7.26. The predicted molar refractivity (Wildman–Crippen MR) is 163 cm³/mol. The highest BCUT2D eigenvalue weighted by Gasteiger charge is 2.55. The second-order valence-electron chi connectivity index (χ2n) is 12.7. The molecule has 2 amide bonds. The summed E-state index contributed by atoms with van der Waals surface area (Å²) in [7, 11) is -2.26. The molecule has 3 aliphatic rings. The van der Waals surface area contributed by atoms with E-state index in [0.29, 0.717) is 30.0 Å². The van der Waals surface area contributed by atoms with E-state index in [1.54, 1.807) is 0 Å². The molecule has 1 saturated heterocycles. The Bertz CT molecular complexity index is 1660. The summed E-state index contributed by atoms with van der Waals surface area (Å²) >= 11 is 0. The Morgan fingerprint density at radius 1 is 1.09 bits per heavy atom. The smallest absolute Gasteiger partial charge is 0.412 e. The molecule has 228 valence electrons. The van der Waals surface area contributed by atoms with Gasteiger partial charge in [-0.15, -0.1) is 0 Å². The fourth-order valence-electron chi connectivity index (χ4n) is 6.79. The first-order valence-corrected chi connectivity index (χ1v) is 16.5. The number of carbonyl (C=O) groups is 2. The number of aryl methyl sites for hydroxylation is 2. The Labute approximate surface area is 252 Å². The number of aromatic nitrogens is 1. The zero-order valence-electron chi connectivity index (χ0n) is 25.2. The van der Waals surface area contributed by atoms with Crippen molar-refractivity contribution in [2.75, 3.05) is 36.6 Å². The lowest BCUT2D eigenvalue weighted by atomic mass is 9.57. The monoisotopic (exact) mass is 606 g/mol. The number of rotatable bonds is 8. The first kappa shape index (κ1) is 29.2. The molecule has 3 aromatic rings. The first-order valence-electron chi connectivity index (χ1n) is 14.7. The number of likely N-dealkylation sites (N-methyl/N-ethyl adjacent to an activating group) is 1. The van der Waals surface area contributed by atoms with E-state index in [2.05, 4.69) is 15.4 Å². The number of nitrogens with zero attached hydrogens (tertiary/aromatic N) is 3. The van der Waals surface area contributed by atoms with Crippen LogP contribution in [-0.2, 0) is 25.0 Å². The van der Waals surface area contributed by atoms with Crippen molar-refractivity contribution in [3.05, 3.63) is 76.7 Å². The van der Waals surface area contributed by atoms with Gasteiger partial charge < -0.3 is 14.2 Å². The molecule has 10 nitrogen and oxygen atoms in total. The summed E-state index contributed by atoms with van der Waals surface area (Å²) < 4.78 is 36.0.